The van der Waals surface area contributed by atoms with Crippen LogP contribution in [0.5, 0.6) is 0 Å². The lowest BCUT2D eigenvalue weighted by Crippen LogP contribution is -2.41. The molecule has 5 rings (SSSR count). The molecule has 0 unspecified atom stereocenters. The molecule has 1 aliphatic heterocycles. The van der Waals surface area contributed by atoms with E-state index in [0.717, 1.165) is 34.6 Å². The van der Waals surface area contributed by atoms with Gasteiger partial charge in [0.1, 0.15) is 5.01 Å². The van der Waals surface area contributed by atoms with E-state index >= 15 is 0 Å². The van der Waals surface area contributed by atoms with E-state index in [2.05, 4.69) is 113 Å². The normalized spacial score (nSPS) is 16.6. The minimum absolute atomic E-state index is 0.343. The first-order chi connectivity index (χ1) is 16.3. The van der Waals surface area contributed by atoms with Crippen LogP contribution in [0.15, 0.2) is 84.9 Å². The molecule has 3 nitrogen and oxygen atoms in total. The molecule has 0 saturated carbocycles. The van der Waals surface area contributed by atoms with Crippen LogP contribution in [-0.2, 0) is 22.2 Å². The highest BCUT2D eigenvalue weighted by atomic mass is 32.1. The molecule has 0 bridgehead atoms. The van der Waals surface area contributed by atoms with E-state index in [0.29, 0.717) is 0 Å². The van der Waals surface area contributed by atoms with Crippen molar-refractivity contribution in [3.05, 3.63) is 96.2 Å². The molecule has 1 aliphatic rings. The van der Waals surface area contributed by atoms with Crippen molar-refractivity contribution in [3.63, 3.8) is 0 Å². The summed E-state index contributed by atoms with van der Waals surface area (Å²) in [6.45, 7) is 8.33. The highest BCUT2D eigenvalue weighted by Crippen LogP contribution is 2.38. The lowest BCUT2D eigenvalue weighted by molar-refractivity contribution is 0.00578. The summed E-state index contributed by atoms with van der Waals surface area (Å²) in [7, 11) is -0.350. The van der Waals surface area contributed by atoms with E-state index in [9.17, 15) is 0 Å². The summed E-state index contributed by atoms with van der Waals surface area (Å²) in [5.74, 6) is 0. The maximum absolute atomic E-state index is 6.22. The lowest BCUT2D eigenvalue weighted by atomic mass is 9.79. The van der Waals surface area contributed by atoms with Gasteiger partial charge >= 0.3 is 7.12 Å². The van der Waals surface area contributed by atoms with E-state index in [1.54, 1.807) is 11.3 Å². The van der Waals surface area contributed by atoms with Gasteiger partial charge < -0.3 is 9.31 Å². The van der Waals surface area contributed by atoms with Crippen LogP contribution >= 0.6 is 11.3 Å². The molecule has 1 fully saturated rings. The molecule has 0 aliphatic carbocycles. The zero-order valence-electron chi connectivity index (χ0n) is 20.2. The predicted molar refractivity (Wildman–Crippen MR) is 143 cm³/mol. The molecule has 5 heteroatoms. The van der Waals surface area contributed by atoms with Gasteiger partial charge in [0, 0.05) is 5.56 Å². The van der Waals surface area contributed by atoms with Crippen LogP contribution in [-0.4, -0.2) is 23.3 Å². The van der Waals surface area contributed by atoms with Crippen molar-refractivity contribution in [3.8, 4) is 21.0 Å². The molecule has 0 amide bonds. The van der Waals surface area contributed by atoms with Gasteiger partial charge in [-0.1, -0.05) is 84.9 Å². The van der Waals surface area contributed by atoms with Gasteiger partial charge in [-0.25, -0.2) is 4.98 Å². The Morgan fingerprint density at radius 2 is 1.29 bits per heavy atom. The van der Waals surface area contributed by atoms with Crippen LogP contribution in [0.3, 0.4) is 0 Å². The summed E-state index contributed by atoms with van der Waals surface area (Å²) in [6.07, 6.45) is 1.89. The number of aryl methyl sites for hydroxylation is 2. The molecule has 172 valence electrons. The fourth-order valence-electron chi connectivity index (χ4n) is 4.13. The van der Waals surface area contributed by atoms with Crippen LogP contribution in [0.2, 0.25) is 0 Å². The zero-order chi connectivity index (χ0) is 23.8. The Kier molecular flexibility index (Phi) is 6.19. The highest BCUT2D eigenvalue weighted by molar-refractivity contribution is 7.18. The number of nitrogens with zero attached hydrogens (tertiary/aromatic N) is 1. The van der Waals surface area contributed by atoms with E-state index in [-0.39, 0.29) is 18.3 Å². The van der Waals surface area contributed by atoms with Gasteiger partial charge in [0.15, 0.2) is 0 Å². The molecular formula is C29H30BNO2S. The Morgan fingerprint density at radius 3 is 1.91 bits per heavy atom. The fraction of sp³-hybridized carbons (Fsp3) is 0.276. The molecule has 4 aromatic rings. The maximum atomic E-state index is 6.22. The number of thiazole rings is 1. The second-order valence-corrected chi connectivity index (χ2v) is 10.9. The van der Waals surface area contributed by atoms with E-state index < -0.39 is 0 Å². The summed E-state index contributed by atoms with van der Waals surface area (Å²) >= 11 is 1.76. The Balaban J connectivity index is 1.42. The van der Waals surface area contributed by atoms with E-state index in [1.807, 2.05) is 0 Å². The zero-order valence-corrected chi connectivity index (χ0v) is 21.1. The number of hydrogen-bond donors (Lipinski definition) is 0. The van der Waals surface area contributed by atoms with Gasteiger partial charge in [-0.05, 0) is 57.1 Å². The average Bonchev–Trinajstić information content (AvgIpc) is 3.36. The van der Waals surface area contributed by atoms with Gasteiger partial charge in [0.05, 0.1) is 21.8 Å². The number of hydrogen-bond acceptors (Lipinski definition) is 4. The van der Waals surface area contributed by atoms with Crippen molar-refractivity contribution < 1.29 is 9.31 Å². The van der Waals surface area contributed by atoms with Gasteiger partial charge in [-0.3, -0.25) is 0 Å². The highest BCUT2D eigenvalue weighted by Gasteiger charge is 2.51. The van der Waals surface area contributed by atoms with Crippen LogP contribution in [0.4, 0.5) is 0 Å². The topological polar surface area (TPSA) is 31.4 Å². The second kappa shape index (κ2) is 9.14. The van der Waals surface area contributed by atoms with E-state index in [1.165, 1.54) is 16.0 Å². The molecule has 0 atom stereocenters. The summed E-state index contributed by atoms with van der Waals surface area (Å²) in [5, 5.41) is 1.04. The first-order valence-corrected chi connectivity index (χ1v) is 12.7. The quantitative estimate of drug-likeness (QED) is 0.301. The third kappa shape index (κ3) is 4.61. The third-order valence-corrected chi connectivity index (χ3v) is 8.11. The Bertz CT molecular complexity index is 1230. The van der Waals surface area contributed by atoms with Gasteiger partial charge in [-0.2, -0.15) is 0 Å². The molecule has 1 aromatic heterocycles. The van der Waals surface area contributed by atoms with Crippen molar-refractivity contribution in [2.24, 2.45) is 0 Å². The summed E-state index contributed by atoms with van der Waals surface area (Å²) in [5.41, 5.74) is 5.18. The molecule has 0 radical (unpaired) electrons. The number of benzene rings is 3. The first kappa shape index (κ1) is 23.0. The number of aromatic nitrogens is 1. The molecule has 34 heavy (non-hydrogen) atoms. The predicted octanol–water partition coefficient (Wildman–Crippen LogP) is 6.56. The second-order valence-electron chi connectivity index (χ2n) is 9.86. The van der Waals surface area contributed by atoms with Gasteiger partial charge in [0.25, 0.3) is 0 Å². The first-order valence-electron chi connectivity index (χ1n) is 11.9. The van der Waals surface area contributed by atoms with Crippen molar-refractivity contribution in [2.75, 3.05) is 0 Å². The van der Waals surface area contributed by atoms with Gasteiger partial charge in [0.2, 0.25) is 0 Å². The maximum Gasteiger partial charge on any atom is 0.494 e. The average molecular weight is 467 g/mol. The fourth-order valence-corrected chi connectivity index (χ4v) is 5.25. The Labute approximate surface area is 206 Å². The van der Waals surface area contributed by atoms with Crippen LogP contribution in [0.25, 0.3) is 21.0 Å². The molecule has 2 heterocycles. The largest absolute Gasteiger partial charge is 0.494 e. The molecular weight excluding hydrogens is 437 g/mol. The smallest absolute Gasteiger partial charge is 0.399 e. The third-order valence-electron chi connectivity index (χ3n) is 6.91. The molecule has 0 spiro atoms. The van der Waals surface area contributed by atoms with Crippen LogP contribution < -0.4 is 5.46 Å². The van der Waals surface area contributed by atoms with Gasteiger partial charge in [-0.15, -0.1) is 11.3 Å². The van der Waals surface area contributed by atoms with Crippen molar-refractivity contribution >= 4 is 23.9 Å². The summed E-state index contributed by atoms with van der Waals surface area (Å²) < 4.78 is 12.4. The van der Waals surface area contributed by atoms with Crippen molar-refractivity contribution in [2.45, 2.75) is 51.7 Å². The lowest BCUT2D eigenvalue weighted by Gasteiger charge is -2.32. The van der Waals surface area contributed by atoms with Crippen LogP contribution in [0.1, 0.15) is 39.0 Å². The Hall–Kier alpha value is -2.73. The summed E-state index contributed by atoms with van der Waals surface area (Å²) in [6, 6.07) is 29.7. The minimum Gasteiger partial charge on any atom is -0.399 e. The number of rotatable bonds is 6. The van der Waals surface area contributed by atoms with Crippen molar-refractivity contribution in [1.82, 2.24) is 4.98 Å². The Morgan fingerprint density at radius 1 is 0.706 bits per heavy atom. The molecule has 1 saturated heterocycles. The van der Waals surface area contributed by atoms with Crippen LogP contribution in [0, 0.1) is 0 Å². The summed E-state index contributed by atoms with van der Waals surface area (Å²) in [4.78, 5) is 6.35. The standard InChI is InChI=1S/C29H30BNO2S/c1-28(2)29(3,4)33-30(32-28)24-18-16-23(17-19-24)27-31-25(20-15-21-11-7-5-8-12-21)26(34-27)22-13-9-6-10-14-22/h5-14,16-19H,15,20H2,1-4H3. The minimum atomic E-state index is -0.350. The van der Waals surface area contributed by atoms with E-state index in [4.69, 9.17) is 14.3 Å². The monoisotopic (exact) mass is 467 g/mol. The SMILES string of the molecule is CC1(C)OB(c2ccc(-c3nc(CCc4ccccc4)c(-c4ccccc4)s3)cc2)OC1(C)C. The molecule has 3 aromatic carbocycles. The molecule has 0 N–H and O–H groups in total. The van der Waals surface area contributed by atoms with Crippen molar-refractivity contribution in [1.29, 1.82) is 0 Å².